The molecule has 2 aromatic rings. The lowest BCUT2D eigenvalue weighted by molar-refractivity contribution is -0.139. The van der Waals surface area contributed by atoms with Gasteiger partial charge in [0.15, 0.2) is 11.0 Å². The molecule has 1 aromatic carbocycles. The molecule has 8 nitrogen and oxygen atoms in total. The molecule has 0 unspecified atom stereocenters. The van der Waals surface area contributed by atoms with Gasteiger partial charge in [-0.15, -0.1) is 0 Å². The van der Waals surface area contributed by atoms with Crippen LogP contribution in [0.3, 0.4) is 0 Å². The van der Waals surface area contributed by atoms with Crippen LogP contribution in [0.15, 0.2) is 40.3 Å². The first-order valence-corrected chi connectivity index (χ1v) is 8.04. The molecule has 0 aliphatic carbocycles. The summed E-state index contributed by atoms with van der Waals surface area (Å²) in [7, 11) is 0. The topological polar surface area (TPSA) is 127 Å². The zero-order valence-electron chi connectivity index (χ0n) is 12.9. The van der Waals surface area contributed by atoms with Gasteiger partial charge in [0.05, 0.1) is 12.4 Å². The van der Waals surface area contributed by atoms with Gasteiger partial charge in [-0.1, -0.05) is 30.0 Å². The molecule has 126 valence electrons. The quantitative estimate of drug-likeness (QED) is 0.407. The van der Waals surface area contributed by atoms with Crippen LogP contribution in [-0.4, -0.2) is 34.2 Å². The molecule has 9 heteroatoms. The van der Waals surface area contributed by atoms with Gasteiger partial charge in [0.1, 0.15) is 5.69 Å². The maximum atomic E-state index is 12.1. The molecule has 0 fully saturated rings. The fourth-order valence-corrected chi connectivity index (χ4v) is 2.43. The molecule has 0 radical (unpaired) electrons. The van der Waals surface area contributed by atoms with E-state index in [0.717, 1.165) is 11.8 Å². The van der Waals surface area contributed by atoms with Crippen molar-refractivity contribution < 1.29 is 14.3 Å². The number of carbonyl (C=O) groups excluding carboxylic acids is 2. The van der Waals surface area contributed by atoms with E-state index >= 15 is 0 Å². The SMILES string of the molecule is CCOC(=O)CSc1nc(N)c(NC(=O)c2ccccc2)c(=O)[nH]1. The Morgan fingerprint density at radius 1 is 1.33 bits per heavy atom. The van der Waals surface area contributed by atoms with Crippen molar-refractivity contribution in [3.63, 3.8) is 0 Å². The molecule has 0 bridgehead atoms. The number of nitrogen functional groups attached to an aromatic ring is 1. The Hall–Kier alpha value is -2.81. The number of aromatic nitrogens is 2. The molecule has 2 rings (SSSR count). The highest BCUT2D eigenvalue weighted by atomic mass is 32.2. The lowest BCUT2D eigenvalue weighted by Gasteiger charge is -2.08. The van der Waals surface area contributed by atoms with Crippen molar-refractivity contribution in [2.24, 2.45) is 0 Å². The summed E-state index contributed by atoms with van der Waals surface area (Å²) >= 11 is 0.987. The van der Waals surface area contributed by atoms with Gasteiger partial charge in [0.2, 0.25) is 0 Å². The number of carbonyl (C=O) groups is 2. The number of benzene rings is 1. The summed E-state index contributed by atoms with van der Waals surface area (Å²) in [5, 5.41) is 2.61. The van der Waals surface area contributed by atoms with Crippen LogP contribution in [0.2, 0.25) is 0 Å². The molecule has 0 spiro atoms. The van der Waals surface area contributed by atoms with Crippen molar-refractivity contribution >= 4 is 35.1 Å². The number of nitrogens with two attached hydrogens (primary N) is 1. The highest BCUT2D eigenvalue weighted by Gasteiger charge is 2.14. The number of aromatic amines is 1. The van der Waals surface area contributed by atoms with Gasteiger partial charge in [-0.25, -0.2) is 4.98 Å². The predicted molar refractivity (Wildman–Crippen MR) is 91.0 cm³/mol. The van der Waals surface area contributed by atoms with E-state index in [1.807, 2.05) is 0 Å². The maximum absolute atomic E-state index is 12.1. The summed E-state index contributed by atoms with van der Waals surface area (Å²) in [4.78, 5) is 41.9. The Balaban J connectivity index is 2.11. The van der Waals surface area contributed by atoms with E-state index in [4.69, 9.17) is 10.5 Å². The van der Waals surface area contributed by atoms with E-state index in [0.29, 0.717) is 5.56 Å². The van der Waals surface area contributed by atoms with E-state index in [1.54, 1.807) is 37.3 Å². The zero-order valence-corrected chi connectivity index (χ0v) is 13.7. The molecule has 1 amide bonds. The lowest BCUT2D eigenvalue weighted by atomic mass is 10.2. The Morgan fingerprint density at radius 2 is 2.04 bits per heavy atom. The van der Waals surface area contributed by atoms with Crippen LogP contribution in [0.5, 0.6) is 0 Å². The largest absolute Gasteiger partial charge is 0.465 e. The molecule has 0 aliphatic heterocycles. The van der Waals surface area contributed by atoms with Crippen LogP contribution in [0, 0.1) is 0 Å². The van der Waals surface area contributed by atoms with E-state index in [1.165, 1.54) is 0 Å². The van der Waals surface area contributed by atoms with Crippen LogP contribution in [0.1, 0.15) is 17.3 Å². The number of anilines is 2. The fourth-order valence-electron chi connectivity index (χ4n) is 1.76. The van der Waals surface area contributed by atoms with E-state index in [9.17, 15) is 14.4 Å². The third-order valence-corrected chi connectivity index (χ3v) is 3.68. The summed E-state index contributed by atoms with van der Waals surface area (Å²) in [6, 6.07) is 8.40. The van der Waals surface area contributed by atoms with Crippen molar-refractivity contribution in [2.45, 2.75) is 12.1 Å². The van der Waals surface area contributed by atoms with Gasteiger partial charge in [0, 0.05) is 5.56 Å². The van der Waals surface area contributed by atoms with Gasteiger partial charge < -0.3 is 15.8 Å². The third kappa shape index (κ3) is 4.59. The van der Waals surface area contributed by atoms with Crippen molar-refractivity contribution in [3.8, 4) is 0 Å². The van der Waals surface area contributed by atoms with Gasteiger partial charge in [-0.3, -0.25) is 19.4 Å². The van der Waals surface area contributed by atoms with Crippen molar-refractivity contribution in [2.75, 3.05) is 23.4 Å². The third-order valence-electron chi connectivity index (χ3n) is 2.83. The number of amides is 1. The van der Waals surface area contributed by atoms with E-state index < -0.39 is 17.4 Å². The Kier molecular flexibility index (Phi) is 5.96. The van der Waals surface area contributed by atoms with Crippen molar-refractivity contribution in [3.05, 3.63) is 46.2 Å². The normalized spacial score (nSPS) is 10.2. The second-order valence-electron chi connectivity index (χ2n) is 4.55. The van der Waals surface area contributed by atoms with Gasteiger partial charge in [0.25, 0.3) is 11.5 Å². The summed E-state index contributed by atoms with van der Waals surface area (Å²) in [5.41, 5.74) is 5.39. The summed E-state index contributed by atoms with van der Waals surface area (Å²) < 4.78 is 4.78. The second kappa shape index (κ2) is 8.16. The highest BCUT2D eigenvalue weighted by Crippen LogP contribution is 2.17. The van der Waals surface area contributed by atoms with Crippen LogP contribution in [0.25, 0.3) is 0 Å². The molecule has 0 aliphatic rings. The zero-order chi connectivity index (χ0) is 17.5. The molecule has 1 heterocycles. The minimum atomic E-state index is -0.599. The van der Waals surface area contributed by atoms with Crippen LogP contribution in [-0.2, 0) is 9.53 Å². The molecule has 24 heavy (non-hydrogen) atoms. The average Bonchev–Trinajstić information content (AvgIpc) is 2.57. The minimum absolute atomic E-state index is 0.00799. The first kappa shape index (κ1) is 17.5. The fraction of sp³-hybridized carbons (Fsp3) is 0.200. The Labute approximate surface area is 141 Å². The number of hydrogen-bond donors (Lipinski definition) is 3. The predicted octanol–water partition coefficient (Wildman–Crippen LogP) is 1.26. The monoisotopic (exact) mass is 348 g/mol. The van der Waals surface area contributed by atoms with E-state index in [2.05, 4.69) is 15.3 Å². The van der Waals surface area contributed by atoms with Crippen LogP contribution in [0.4, 0.5) is 11.5 Å². The molecular weight excluding hydrogens is 332 g/mol. The number of esters is 1. The summed E-state index contributed by atoms with van der Waals surface area (Å²) in [6.45, 7) is 1.97. The summed E-state index contributed by atoms with van der Waals surface area (Å²) in [6.07, 6.45) is 0. The standard InChI is InChI=1S/C15H16N4O4S/c1-2-23-10(20)8-24-15-18-12(16)11(14(22)19-15)17-13(21)9-6-4-3-5-7-9/h3-7H,2,8H2,1H3,(H,17,21)(H3,16,18,19,22). The van der Waals surface area contributed by atoms with Crippen molar-refractivity contribution in [1.82, 2.24) is 9.97 Å². The number of rotatable bonds is 6. The highest BCUT2D eigenvalue weighted by molar-refractivity contribution is 7.99. The Bertz CT molecular complexity index is 792. The smallest absolute Gasteiger partial charge is 0.316 e. The molecule has 1 aromatic heterocycles. The Morgan fingerprint density at radius 3 is 2.67 bits per heavy atom. The first-order chi connectivity index (χ1) is 11.5. The lowest BCUT2D eigenvalue weighted by Crippen LogP contribution is -2.23. The van der Waals surface area contributed by atoms with E-state index in [-0.39, 0.29) is 29.0 Å². The van der Waals surface area contributed by atoms with Gasteiger partial charge in [-0.05, 0) is 19.1 Å². The number of thioether (sulfide) groups is 1. The van der Waals surface area contributed by atoms with Crippen LogP contribution >= 0.6 is 11.8 Å². The minimum Gasteiger partial charge on any atom is -0.465 e. The molecular formula is C15H16N4O4S. The molecule has 0 atom stereocenters. The number of hydrogen-bond acceptors (Lipinski definition) is 7. The number of H-pyrrole nitrogens is 1. The molecule has 4 N–H and O–H groups in total. The van der Waals surface area contributed by atoms with Gasteiger partial charge in [-0.2, -0.15) is 0 Å². The first-order valence-electron chi connectivity index (χ1n) is 7.06. The van der Waals surface area contributed by atoms with Crippen LogP contribution < -0.4 is 16.6 Å². The number of ether oxygens (including phenoxy) is 1. The number of nitrogens with zero attached hydrogens (tertiary/aromatic N) is 1. The van der Waals surface area contributed by atoms with Crippen molar-refractivity contribution in [1.29, 1.82) is 0 Å². The maximum Gasteiger partial charge on any atom is 0.316 e. The van der Waals surface area contributed by atoms with Gasteiger partial charge >= 0.3 is 5.97 Å². The summed E-state index contributed by atoms with van der Waals surface area (Å²) in [5.74, 6) is -1.03. The molecule has 0 saturated carbocycles. The average molecular weight is 348 g/mol. The number of nitrogens with one attached hydrogen (secondary N) is 2. The second-order valence-corrected chi connectivity index (χ2v) is 5.51. The molecule has 0 saturated heterocycles.